The predicted molar refractivity (Wildman–Crippen MR) is 95.0 cm³/mol. The van der Waals surface area contributed by atoms with E-state index in [-0.39, 0.29) is 6.61 Å². The summed E-state index contributed by atoms with van der Waals surface area (Å²) in [7, 11) is 1.54. The lowest BCUT2D eigenvalue weighted by molar-refractivity contribution is -0.123. The van der Waals surface area contributed by atoms with Gasteiger partial charge in [-0.1, -0.05) is 23.7 Å². The van der Waals surface area contributed by atoms with Crippen molar-refractivity contribution in [1.29, 1.82) is 5.26 Å². The number of halogens is 1. The van der Waals surface area contributed by atoms with Gasteiger partial charge >= 0.3 is 0 Å². The molecule has 128 valence electrons. The van der Waals surface area contributed by atoms with E-state index >= 15 is 0 Å². The number of nitrogens with zero attached hydrogens (tertiary/aromatic N) is 2. The molecule has 7 heteroatoms. The largest absolute Gasteiger partial charge is 0.496 e. The van der Waals surface area contributed by atoms with Gasteiger partial charge in [0.15, 0.2) is 6.61 Å². The molecule has 6 nitrogen and oxygen atoms in total. The highest BCUT2D eigenvalue weighted by atomic mass is 35.5. The number of hydrogen-bond donors (Lipinski definition) is 1. The molecule has 0 spiro atoms. The molecule has 0 unspecified atom stereocenters. The number of nitrogens with one attached hydrogen (secondary N) is 1. The van der Waals surface area contributed by atoms with E-state index in [4.69, 9.17) is 26.3 Å². The molecule has 0 bridgehead atoms. The minimum absolute atomic E-state index is 0.262. The molecule has 0 saturated carbocycles. The van der Waals surface area contributed by atoms with Crippen molar-refractivity contribution in [3.63, 3.8) is 0 Å². The zero-order chi connectivity index (χ0) is 18.2. The number of methoxy groups -OCH3 is 1. The smallest absolute Gasteiger partial charge is 0.277 e. The maximum absolute atomic E-state index is 11.9. The standard InChI is InChI=1S/C18H16ClN3O3/c1-12(15-9-14(19)7-8-17(15)24-2)21-22-18(23)11-25-16-6-4-3-5-13(16)10-20/h3-9H,11H2,1-2H3,(H,22,23)/b21-12-. The van der Waals surface area contributed by atoms with Gasteiger partial charge in [-0.15, -0.1) is 0 Å². The summed E-state index contributed by atoms with van der Waals surface area (Å²) in [6.45, 7) is 1.46. The maximum atomic E-state index is 11.9. The number of carbonyl (C=O) groups excluding carboxylic acids is 1. The summed E-state index contributed by atoms with van der Waals surface area (Å²) in [6.07, 6.45) is 0. The van der Waals surface area contributed by atoms with E-state index < -0.39 is 5.91 Å². The van der Waals surface area contributed by atoms with Crippen LogP contribution in [-0.2, 0) is 4.79 Å². The van der Waals surface area contributed by atoms with Crippen LogP contribution in [0.3, 0.4) is 0 Å². The van der Waals surface area contributed by atoms with Crippen molar-refractivity contribution >= 4 is 23.2 Å². The van der Waals surface area contributed by atoms with Crippen molar-refractivity contribution in [3.05, 3.63) is 58.6 Å². The first kappa shape index (κ1) is 18.3. The van der Waals surface area contributed by atoms with Gasteiger partial charge in [0, 0.05) is 10.6 Å². The number of nitriles is 1. The highest BCUT2D eigenvalue weighted by Gasteiger charge is 2.09. The lowest BCUT2D eigenvalue weighted by Crippen LogP contribution is -2.25. The molecule has 0 atom stereocenters. The summed E-state index contributed by atoms with van der Waals surface area (Å²) >= 11 is 5.98. The first-order valence-electron chi connectivity index (χ1n) is 7.34. The molecule has 0 aliphatic heterocycles. The van der Waals surface area contributed by atoms with Gasteiger partial charge in [0.25, 0.3) is 5.91 Å². The number of hydrazone groups is 1. The molecule has 25 heavy (non-hydrogen) atoms. The number of amides is 1. The van der Waals surface area contributed by atoms with E-state index in [1.807, 2.05) is 6.07 Å². The summed E-state index contributed by atoms with van der Waals surface area (Å²) in [5.41, 5.74) is 3.97. The Kier molecular flexibility index (Phi) is 6.38. The van der Waals surface area contributed by atoms with Crippen LogP contribution in [0.5, 0.6) is 11.5 Å². The molecule has 1 amide bonds. The number of rotatable bonds is 6. The minimum Gasteiger partial charge on any atom is -0.496 e. The van der Waals surface area contributed by atoms with Crippen LogP contribution < -0.4 is 14.9 Å². The average Bonchev–Trinajstić information content (AvgIpc) is 2.64. The van der Waals surface area contributed by atoms with E-state index in [0.29, 0.717) is 33.4 Å². The Hall–Kier alpha value is -3.04. The molecule has 0 saturated heterocycles. The van der Waals surface area contributed by atoms with Gasteiger partial charge in [-0.25, -0.2) is 5.43 Å². The number of para-hydroxylation sites is 1. The van der Waals surface area contributed by atoms with Crippen LogP contribution in [-0.4, -0.2) is 25.3 Å². The number of ether oxygens (including phenoxy) is 2. The van der Waals surface area contributed by atoms with Crippen LogP contribution >= 0.6 is 11.6 Å². The summed E-state index contributed by atoms with van der Waals surface area (Å²) in [6, 6.07) is 13.8. The molecule has 0 aliphatic rings. The monoisotopic (exact) mass is 357 g/mol. The first-order chi connectivity index (χ1) is 12.0. The summed E-state index contributed by atoms with van der Waals surface area (Å²) in [5, 5.41) is 13.6. The zero-order valence-electron chi connectivity index (χ0n) is 13.7. The lowest BCUT2D eigenvalue weighted by Gasteiger charge is -2.09. The van der Waals surface area contributed by atoms with Crippen LogP contribution in [0.1, 0.15) is 18.1 Å². The lowest BCUT2D eigenvalue weighted by atomic mass is 10.1. The molecule has 2 rings (SSSR count). The molecule has 0 radical (unpaired) electrons. The van der Waals surface area contributed by atoms with Crippen LogP contribution in [0.4, 0.5) is 0 Å². The van der Waals surface area contributed by atoms with Gasteiger partial charge in [0.2, 0.25) is 0 Å². The Morgan fingerprint density at radius 1 is 1.28 bits per heavy atom. The van der Waals surface area contributed by atoms with Crippen LogP contribution in [0.2, 0.25) is 5.02 Å². The van der Waals surface area contributed by atoms with Gasteiger partial charge in [-0.05, 0) is 37.3 Å². The molecule has 0 fully saturated rings. The molecule has 2 aromatic carbocycles. The van der Waals surface area contributed by atoms with Crippen LogP contribution in [0.15, 0.2) is 47.6 Å². The van der Waals surface area contributed by atoms with Crippen molar-refractivity contribution in [1.82, 2.24) is 5.43 Å². The van der Waals surface area contributed by atoms with Crippen molar-refractivity contribution in [2.75, 3.05) is 13.7 Å². The molecular formula is C18H16ClN3O3. The quantitative estimate of drug-likeness (QED) is 0.635. The third-order valence-electron chi connectivity index (χ3n) is 3.27. The fourth-order valence-corrected chi connectivity index (χ4v) is 2.20. The van der Waals surface area contributed by atoms with Crippen molar-refractivity contribution in [2.45, 2.75) is 6.92 Å². The van der Waals surface area contributed by atoms with E-state index in [1.54, 1.807) is 56.5 Å². The Morgan fingerprint density at radius 2 is 2.04 bits per heavy atom. The summed E-state index contributed by atoms with van der Waals surface area (Å²) in [4.78, 5) is 11.9. The maximum Gasteiger partial charge on any atom is 0.277 e. The Balaban J connectivity index is 2.00. The van der Waals surface area contributed by atoms with E-state index in [9.17, 15) is 4.79 Å². The third-order valence-corrected chi connectivity index (χ3v) is 3.50. The van der Waals surface area contributed by atoms with Gasteiger partial charge in [0.05, 0.1) is 18.4 Å². The Labute approximate surface area is 150 Å². The fourth-order valence-electron chi connectivity index (χ4n) is 2.03. The predicted octanol–water partition coefficient (Wildman–Crippen LogP) is 3.14. The highest BCUT2D eigenvalue weighted by Crippen LogP contribution is 2.23. The topological polar surface area (TPSA) is 83.7 Å². The molecule has 0 heterocycles. The molecule has 2 aromatic rings. The molecular weight excluding hydrogens is 342 g/mol. The fraction of sp³-hybridized carbons (Fsp3) is 0.167. The SMILES string of the molecule is COc1ccc(Cl)cc1/C(C)=N\NC(=O)COc1ccccc1C#N. The van der Waals surface area contributed by atoms with Crippen molar-refractivity contribution in [2.24, 2.45) is 5.10 Å². The summed E-state index contributed by atoms with van der Waals surface area (Å²) < 4.78 is 10.6. The van der Waals surface area contributed by atoms with Crippen molar-refractivity contribution in [3.8, 4) is 17.6 Å². The normalized spacial score (nSPS) is 10.7. The second-order valence-electron chi connectivity index (χ2n) is 4.97. The number of hydrogen-bond acceptors (Lipinski definition) is 5. The highest BCUT2D eigenvalue weighted by molar-refractivity contribution is 6.31. The first-order valence-corrected chi connectivity index (χ1v) is 7.72. The second kappa shape index (κ2) is 8.71. The minimum atomic E-state index is -0.451. The third kappa shape index (κ3) is 4.96. The van der Waals surface area contributed by atoms with Gasteiger partial charge in [0.1, 0.15) is 17.6 Å². The second-order valence-corrected chi connectivity index (χ2v) is 5.41. The molecule has 1 N–H and O–H groups in total. The van der Waals surface area contributed by atoms with Gasteiger partial charge in [-0.2, -0.15) is 10.4 Å². The summed E-state index contributed by atoms with van der Waals surface area (Å²) in [5.74, 6) is 0.490. The van der Waals surface area contributed by atoms with Gasteiger partial charge < -0.3 is 9.47 Å². The average molecular weight is 358 g/mol. The van der Waals surface area contributed by atoms with E-state index in [1.165, 1.54) is 0 Å². The number of carbonyl (C=O) groups is 1. The van der Waals surface area contributed by atoms with E-state index in [2.05, 4.69) is 10.5 Å². The molecule has 0 aliphatic carbocycles. The molecule has 0 aromatic heterocycles. The van der Waals surface area contributed by atoms with Crippen LogP contribution in [0, 0.1) is 11.3 Å². The van der Waals surface area contributed by atoms with Gasteiger partial charge in [-0.3, -0.25) is 4.79 Å². The Morgan fingerprint density at radius 3 is 2.76 bits per heavy atom. The number of benzene rings is 2. The van der Waals surface area contributed by atoms with Crippen molar-refractivity contribution < 1.29 is 14.3 Å². The van der Waals surface area contributed by atoms with Crippen LogP contribution in [0.25, 0.3) is 0 Å². The van der Waals surface area contributed by atoms with E-state index in [0.717, 1.165) is 0 Å². The Bertz CT molecular complexity index is 844. The zero-order valence-corrected chi connectivity index (χ0v) is 14.5.